The van der Waals surface area contributed by atoms with Gasteiger partial charge in [-0.2, -0.15) is 0 Å². The molecule has 2 aromatic heterocycles. The summed E-state index contributed by atoms with van der Waals surface area (Å²) in [4.78, 5) is 18.7. The Bertz CT molecular complexity index is 1150. The molecule has 3 heterocycles. The van der Waals surface area contributed by atoms with Gasteiger partial charge in [-0.15, -0.1) is 5.10 Å². The van der Waals surface area contributed by atoms with Gasteiger partial charge in [0.1, 0.15) is 11.8 Å². The van der Waals surface area contributed by atoms with Gasteiger partial charge in [-0.3, -0.25) is 9.69 Å². The molecule has 0 spiro atoms. The van der Waals surface area contributed by atoms with Crippen LogP contribution in [0.4, 0.5) is 0 Å². The van der Waals surface area contributed by atoms with Crippen molar-refractivity contribution in [3.05, 3.63) is 46.0 Å². The monoisotopic (exact) mass is 452 g/mol. The molecule has 1 aliphatic heterocycles. The SMILES string of the molecule is COc1ccc2[nH]c(=O)c(C(c3nnnn3CC3CCCO3)N(C)C3CCCCC3)cc2c1. The molecule has 33 heavy (non-hydrogen) atoms. The second-order valence-corrected chi connectivity index (χ2v) is 9.22. The fourth-order valence-electron chi connectivity index (χ4n) is 5.29. The summed E-state index contributed by atoms with van der Waals surface area (Å²) in [7, 11) is 3.74. The van der Waals surface area contributed by atoms with E-state index in [4.69, 9.17) is 9.47 Å². The second-order valence-electron chi connectivity index (χ2n) is 9.22. The molecule has 3 aromatic rings. The zero-order valence-electron chi connectivity index (χ0n) is 19.4. The standard InChI is InChI=1S/C24H32N6O3/c1-29(17-7-4-3-5-8-17)22(23-26-27-28-30(23)15-19-9-6-12-33-19)20-14-16-13-18(32-2)10-11-21(16)25-24(20)31/h10-11,13-14,17,19,22H,3-9,12,15H2,1-2H3,(H,25,31). The van der Waals surface area contributed by atoms with Crippen molar-refractivity contribution >= 4 is 10.9 Å². The number of benzene rings is 1. The molecule has 0 bridgehead atoms. The minimum Gasteiger partial charge on any atom is -0.497 e. The van der Waals surface area contributed by atoms with Gasteiger partial charge in [0.2, 0.25) is 0 Å². The molecule has 9 heteroatoms. The summed E-state index contributed by atoms with van der Waals surface area (Å²) < 4.78 is 13.1. The summed E-state index contributed by atoms with van der Waals surface area (Å²) in [6, 6.07) is 7.65. The first-order chi connectivity index (χ1) is 16.1. The van der Waals surface area contributed by atoms with E-state index in [1.165, 1.54) is 19.3 Å². The number of aromatic amines is 1. The lowest BCUT2D eigenvalue weighted by molar-refractivity contribution is 0.0894. The molecule has 2 unspecified atom stereocenters. The number of hydrogen-bond donors (Lipinski definition) is 1. The highest BCUT2D eigenvalue weighted by atomic mass is 16.5. The number of ether oxygens (including phenoxy) is 2. The van der Waals surface area contributed by atoms with E-state index in [0.29, 0.717) is 24.0 Å². The van der Waals surface area contributed by atoms with E-state index in [1.54, 1.807) is 7.11 Å². The highest BCUT2D eigenvalue weighted by Crippen LogP contribution is 2.33. The number of tetrazole rings is 1. The van der Waals surface area contributed by atoms with Gasteiger partial charge in [-0.1, -0.05) is 19.3 Å². The second kappa shape index (κ2) is 9.61. The van der Waals surface area contributed by atoms with Crippen molar-refractivity contribution in [2.24, 2.45) is 0 Å². The Balaban J connectivity index is 1.59. The zero-order chi connectivity index (χ0) is 22.8. The number of nitrogens with one attached hydrogen (secondary N) is 1. The van der Waals surface area contributed by atoms with Crippen molar-refractivity contribution in [1.82, 2.24) is 30.1 Å². The molecule has 1 aromatic carbocycles. The van der Waals surface area contributed by atoms with E-state index >= 15 is 0 Å². The third-order valence-corrected chi connectivity index (χ3v) is 7.14. The van der Waals surface area contributed by atoms with Crippen LogP contribution in [-0.2, 0) is 11.3 Å². The van der Waals surface area contributed by atoms with E-state index in [-0.39, 0.29) is 17.7 Å². The summed E-state index contributed by atoms with van der Waals surface area (Å²) in [5.41, 5.74) is 1.31. The largest absolute Gasteiger partial charge is 0.497 e. The molecule has 9 nitrogen and oxygen atoms in total. The zero-order valence-corrected chi connectivity index (χ0v) is 19.4. The van der Waals surface area contributed by atoms with Gasteiger partial charge < -0.3 is 14.5 Å². The highest BCUT2D eigenvalue weighted by molar-refractivity contribution is 5.80. The number of hydrogen-bond acceptors (Lipinski definition) is 7. The lowest BCUT2D eigenvalue weighted by Crippen LogP contribution is -2.40. The quantitative estimate of drug-likeness (QED) is 0.588. The molecule has 0 amide bonds. The Morgan fingerprint density at radius 3 is 2.82 bits per heavy atom. The first kappa shape index (κ1) is 22.0. The van der Waals surface area contributed by atoms with Crippen LogP contribution in [0.25, 0.3) is 10.9 Å². The lowest BCUT2D eigenvalue weighted by atomic mass is 9.92. The van der Waals surface area contributed by atoms with Crippen LogP contribution in [0.3, 0.4) is 0 Å². The van der Waals surface area contributed by atoms with E-state index < -0.39 is 0 Å². The van der Waals surface area contributed by atoms with Crippen LogP contribution < -0.4 is 10.3 Å². The maximum Gasteiger partial charge on any atom is 0.253 e. The summed E-state index contributed by atoms with van der Waals surface area (Å²) >= 11 is 0. The normalized spacial score (nSPS) is 20.5. The number of nitrogens with zero attached hydrogens (tertiary/aromatic N) is 5. The fraction of sp³-hybridized carbons (Fsp3) is 0.583. The molecule has 1 saturated heterocycles. The molecule has 0 radical (unpaired) electrons. The topological polar surface area (TPSA) is 98.2 Å². The first-order valence-electron chi connectivity index (χ1n) is 11.9. The van der Waals surface area contributed by atoms with Crippen LogP contribution >= 0.6 is 0 Å². The molecule has 1 aliphatic carbocycles. The van der Waals surface area contributed by atoms with Gasteiger partial charge in [0.15, 0.2) is 5.82 Å². The van der Waals surface area contributed by atoms with Crippen molar-refractivity contribution < 1.29 is 9.47 Å². The van der Waals surface area contributed by atoms with Gasteiger partial charge >= 0.3 is 0 Å². The smallest absolute Gasteiger partial charge is 0.253 e. The molecule has 1 N–H and O–H groups in total. The van der Waals surface area contributed by atoms with Gasteiger partial charge in [-0.05, 0) is 67.4 Å². The molecule has 2 fully saturated rings. The van der Waals surface area contributed by atoms with Crippen molar-refractivity contribution in [3.63, 3.8) is 0 Å². The van der Waals surface area contributed by atoms with Gasteiger partial charge in [0.05, 0.1) is 19.8 Å². The summed E-state index contributed by atoms with van der Waals surface area (Å²) in [5.74, 6) is 1.44. The number of pyridine rings is 1. The number of aromatic nitrogens is 5. The molecule has 5 rings (SSSR count). The number of methoxy groups -OCH3 is 1. The number of rotatable bonds is 7. The van der Waals surface area contributed by atoms with Gasteiger partial charge in [0.25, 0.3) is 5.56 Å². The molecular formula is C24H32N6O3. The molecule has 2 atom stereocenters. The lowest BCUT2D eigenvalue weighted by Gasteiger charge is -2.36. The van der Waals surface area contributed by atoms with Crippen molar-refractivity contribution in [1.29, 1.82) is 0 Å². The predicted octanol–water partition coefficient (Wildman–Crippen LogP) is 3.06. The van der Waals surface area contributed by atoms with Crippen LogP contribution in [0.2, 0.25) is 0 Å². The minimum absolute atomic E-state index is 0.104. The third kappa shape index (κ3) is 4.52. The summed E-state index contributed by atoms with van der Waals surface area (Å²) in [6.07, 6.45) is 8.05. The molecule has 1 saturated carbocycles. The average molecular weight is 453 g/mol. The van der Waals surface area contributed by atoms with Crippen molar-refractivity contribution in [2.75, 3.05) is 20.8 Å². The van der Waals surface area contributed by atoms with Crippen molar-refractivity contribution in [2.45, 2.75) is 69.7 Å². The Labute approximate surface area is 193 Å². The molecular weight excluding hydrogens is 420 g/mol. The van der Waals surface area contributed by atoms with E-state index in [0.717, 1.165) is 48.9 Å². The van der Waals surface area contributed by atoms with Crippen molar-refractivity contribution in [3.8, 4) is 5.75 Å². The third-order valence-electron chi connectivity index (χ3n) is 7.14. The first-order valence-corrected chi connectivity index (χ1v) is 11.9. The molecule has 2 aliphatic rings. The van der Waals surface area contributed by atoms with Crippen LogP contribution in [0, 0.1) is 0 Å². The van der Waals surface area contributed by atoms with Gasteiger partial charge in [-0.25, -0.2) is 4.68 Å². The average Bonchev–Trinajstić information content (AvgIpc) is 3.53. The Kier molecular flexibility index (Phi) is 6.41. The van der Waals surface area contributed by atoms with Crippen LogP contribution in [-0.4, -0.2) is 63.0 Å². The van der Waals surface area contributed by atoms with Crippen LogP contribution in [0.5, 0.6) is 5.75 Å². The Morgan fingerprint density at radius 2 is 2.06 bits per heavy atom. The summed E-state index contributed by atoms with van der Waals surface area (Å²) in [5, 5.41) is 13.6. The highest BCUT2D eigenvalue weighted by Gasteiger charge is 2.33. The van der Waals surface area contributed by atoms with E-state index in [2.05, 4.69) is 32.5 Å². The fourth-order valence-corrected chi connectivity index (χ4v) is 5.29. The Morgan fingerprint density at radius 1 is 1.21 bits per heavy atom. The van der Waals surface area contributed by atoms with E-state index in [1.807, 2.05) is 28.9 Å². The number of fused-ring (bicyclic) bond motifs is 1. The van der Waals surface area contributed by atoms with Gasteiger partial charge in [0, 0.05) is 29.1 Å². The summed E-state index contributed by atoms with van der Waals surface area (Å²) in [6.45, 7) is 1.37. The van der Waals surface area contributed by atoms with E-state index in [9.17, 15) is 4.79 Å². The maximum absolute atomic E-state index is 13.4. The molecule has 176 valence electrons. The van der Waals surface area contributed by atoms with Crippen LogP contribution in [0.1, 0.15) is 62.4 Å². The van der Waals surface area contributed by atoms with Crippen LogP contribution in [0.15, 0.2) is 29.1 Å². The minimum atomic E-state index is -0.358. The maximum atomic E-state index is 13.4. The number of H-pyrrole nitrogens is 1. The Hall–Kier alpha value is -2.78. The predicted molar refractivity (Wildman–Crippen MR) is 124 cm³/mol.